The summed E-state index contributed by atoms with van der Waals surface area (Å²) in [6, 6.07) is 0.612. The SMILES string of the molecule is CCCC(N)c1cc(C(F)(F)F)cc(C(F)(F)F)c1. The lowest BCUT2D eigenvalue weighted by Crippen LogP contribution is -2.16. The van der Waals surface area contributed by atoms with Gasteiger partial charge in [-0.2, -0.15) is 26.3 Å². The third-order valence-corrected chi connectivity index (χ3v) is 2.64. The van der Waals surface area contributed by atoms with Crippen LogP contribution in [0.15, 0.2) is 18.2 Å². The van der Waals surface area contributed by atoms with Crippen molar-refractivity contribution in [1.82, 2.24) is 0 Å². The van der Waals surface area contributed by atoms with Crippen LogP contribution in [-0.4, -0.2) is 0 Å². The van der Waals surface area contributed by atoms with Crippen molar-refractivity contribution in [2.24, 2.45) is 5.73 Å². The van der Waals surface area contributed by atoms with Crippen molar-refractivity contribution < 1.29 is 26.3 Å². The van der Waals surface area contributed by atoms with Crippen molar-refractivity contribution in [3.63, 3.8) is 0 Å². The van der Waals surface area contributed by atoms with Gasteiger partial charge in [0, 0.05) is 6.04 Å². The monoisotopic (exact) mass is 285 g/mol. The summed E-state index contributed by atoms with van der Waals surface area (Å²) < 4.78 is 75.5. The highest BCUT2D eigenvalue weighted by molar-refractivity contribution is 5.35. The molecule has 0 spiro atoms. The summed E-state index contributed by atoms with van der Waals surface area (Å²) in [5.41, 5.74) is 2.79. The molecule has 1 aromatic rings. The van der Waals surface area contributed by atoms with Crippen LogP contribution in [0, 0.1) is 0 Å². The molecule has 0 heterocycles. The van der Waals surface area contributed by atoms with E-state index < -0.39 is 29.5 Å². The van der Waals surface area contributed by atoms with Gasteiger partial charge in [0.05, 0.1) is 11.1 Å². The first-order valence-corrected chi connectivity index (χ1v) is 5.60. The average molecular weight is 285 g/mol. The largest absolute Gasteiger partial charge is 0.416 e. The number of nitrogens with two attached hydrogens (primary N) is 1. The normalized spacial score (nSPS) is 14.5. The fourth-order valence-electron chi connectivity index (χ4n) is 1.67. The second-order valence-corrected chi connectivity index (χ2v) is 4.23. The molecule has 0 aromatic heterocycles. The highest BCUT2D eigenvalue weighted by Gasteiger charge is 2.37. The zero-order chi connectivity index (χ0) is 14.8. The van der Waals surface area contributed by atoms with E-state index in [9.17, 15) is 26.3 Å². The smallest absolute Gasteiger partial charge is 0.324 e. The summed E-state index contributed by atoms with van der Waals surface area (Å²) >= 11 is 0. The fourth-order valence-corrected chi connectivity index (χ4v) is 1.67. The Hall–Kier alpha value is -1.24. The molecule has 2 N–H and O–H groups in total. The van der Waals surface area contributed by atoms with Crippen LogP contribution in [0.5, 0.6) is 0 Å². The Morgan fingerprint density at radius 3 is 1.68 bits per heavy atom. The van der Waals surface area contributed by atoms with Crippen molar-refractivity contribution in [2.75, 3.05) is 0 Å². The minimum Gasteiger partial charge on any atom is -0.324 e. The Balaban J connectivity index is 3.33. The van der Waals surface area contributed by atoms with Gasteiger partial charge in [-0.1, -0.05) is 13.3 Å². The van der Waals surface area contributed by atoms with Gasteiger partial charge in [-0.05, 0) is 30.2 Å². The van der Waals surface area contributed by atoms with Crippen molar-refractivity contribution in [2.45, 2.75) is 38.2 Å². The molecule has 1 unspecified atom stereocenters. The Bertz CT molecular complexity index is 403. The van der Waals surface area contributed by atoms with Gasteiger partial charge in [0.1, 0.15) is 0 Å². The summed E-state index contributed by atoms with van der Waals surface area (Å²) in [6.07, 6.45) is -8.78. The highest BCUT2D eigenvalue weighted by atomic mass is 19.4. The quantitative estimate of drug-likeness (QED) is 0.812. The summed E-state index contributed by atoms with van der Waals surface area (Å²) in [4.78, 5) is 0. The molecule has 0 bridgehead atoms. The number of rotatable bonds is 3. The molecule has 0 aliphatic heterocycles. The standard InChI is InChI=1S/C12H13F6N/c1-2-3-10(19)7-4-8(11(13,14)15)6-9(5-7)12(16,17)18/h4-6,10H,2-3,19H2,1H3. The molecular formula is C12H13F6N. The molecule has 0 amide bonds. The van der Waals surface area contributed by atoms with Gasteiger partial charge in [-0.15, -0.1) is 0 Å². The molecule has 0 aliphatic rings. The van der Waals surface area contributed by atoms with E-state index >= 15 is 0 Å². The molecule has 0 saturated carbocycles. The molecular weight excluding hydrogens is 272 g/mol. The predicted molar refractivity (Wildman–Crippen MR) is 58.3 cm³/mol. The van der Waals surface area contributed by atoms with Crippen LogP contribution in [0.1, 0.15) is 42.5 Å². The Morgan fingerprint density at radius 1 is 0.947 bits per heavy atom. The van der Waals surface area contributed by atoms with Crippen LogP contribution in [0.25, 0.3) is 0 Å². The summed E-state index contributed by atoms with van der Waals surface area (Å²) in [5.74, 6) is 0. The van der Waals surface area contributed by atoms with Gasteiger partial charge >= 0.3 is 12.4 Å². The van der Waals surface area contributed by atoms with Gasteiger partial charge in [0.15, 0.2) is 0 Å². The summed E-state index contributed by atoms with van der Waals surface area (Å²) in [6.45, 7) is 1.75. The minimum absolute atomic E-state index is 0.0994. The number of benzene rings is 1. The zero-order valence-corrected chi connectivity index (χ0v) is 10.1. The van der Waals surface area contributed by atoms with E-state index in [4.69, 9.17) is 5.73 Å². The van der Waals surface area contributed by atoms with Crippen molar-refractivity contribution >= 4 is 0 Å². The van der Waals surface area contributed by atoms with E-state index in [1.54, 1.807) is 6.92 Å². The minimum atomic E-state index is -4.83. The van der Waals surface area contributed by atoms with E-state index in [0.717, 1.165) is 0 Å². The molecule has 1 nitrogen and oxygen atoms in total. The van der Waals surface area contributed by atoms with Crippen molar-refractivity contribution in [1.29, 1.82) is 0 Å². The van der Waals surface area contributed by atoms with E-state index in [-0.39, 0.29) is 11.6 Å². The first-order valence-electron chi connectivity index (χ1n) is 5.60. The molecule has 1 rings (SSSR count). The van der Waals surface area contributed by atoms with Gasteiger partial charge < -0.3 is 5.73 Å². The van der Waals surface area contributed by atoms with Crippen LogP contribution in [0.3, 0.4) is 0 Å². The van der Waals surface area contributed by atoms with Gasteiger partial charge in [0.25, 0.3) is 0 Å². The second kappa shape index (κ2) is 5.40. The van der Waals surface area contributed by atoms with E-state index in [2.05, 4.69) is 0 Å². The molecule has 1 atom stereocenters. The van der Waals surface area contributed by atoms with Gasteiger partial charge in [0.2, 0.25) is 0 Å². The molecule has 0 aliphatic carbocycles. The molecule has 108 valence electrons. The predicted octanol–water partition coefficient (Wildman–Crippen LogP) is 4.52. The molecule has 7 heteroatoms. The van der Waals surface area contributed by atoms with Crippen LogP contribution >= 0.6 is 0 Å². The molecule has 19 heavy (non-hydrogen) atoms. The molecule has 0 fully saturated rings. The van der Waals surface area contributed by atoms with Crippen molar-refractivity contribution in [3.8, 4) is 0 Å². The Labute approximate surface area is 106 Å². The van der Waals surface area contributed by atoms with Gasteiger partial charge in [-0.3, -0.25) is 0 Å². The third-order valence-electron chi connectivity index (χ3n) is 2.64. The lowest BCUT2D eigenvalue weighted by molar-refractivity contribution is -0.143. The molecule has 1 aromatic carbocycles. The lowest BCUT2D eigenvalue weighted by Gasteiger charge is -2.17. The first-order chi connectivity index (χ1) is 8.55. The number of alkyl halides is 6. The van der Waals surface area contributed by atoms with E-state index in [1.807, 2.05) is 0 Å². The van der Waals surface area contributed by atoms with Crippen LogP contribution in [0.2, 0.25) is 0 Å². The Kier molecular flexibility index (Phi) is 4.50. The number of hydrogen-bond acceptors (Lipinski definition) is 1. The maximum atomic E-state index is 12.6. The average Bonchev–Trinajstić information content (AvgIpc) is 2.26. The Morgan fingerprint density at radius 2 is 1.37 bits per heavy atom. The number of halogens is 6. The third kappa shape index (κ3) is 4.12. The van der Waals surface area contributed by atoms with Crippen LogP contribution in [0.4, 0.5) is 26.3 Å². The van der Waals surface area contributed by atoms with Gasteiger partial charge in [-0.25, -0.2) is 0 Å². The first kappa shape index (κ1) is 15.8. The summed E-state index contributed by atoms with van der Waals surface area (Å²) in [5, 5.41) is 0. The zero-order valence-electron chi connectivity index (χ0n) is 10.1. The number of hydrogen-bond donors (Lipinski definition) is 1. The molecule has 0 saturated heterocycles. The molecule has 0 radical (unpaired) electrons. The van der Waals surface area contributed by atoms with Crippen LogP contribution in [-0.2, 0) is 12.4 Å². The maximum absolute atomic E-state index is 12.6. The van der Waals surface area contributed by atoms with E-state index in [0.29, 0.717) is 25.0 Å². The summed E-state index contributed by atoms with van der Waals surface area (Å²) in [7, 11) is 0. The lowest BCUT2D eigenvalue weighted by atomic mass is 9.97. The van der Waals surface area contributed by atoms with Crippen molar-refractivity contribution in [3.05, 3.63) is 34.9 Å². The fraction of sp³-hybridized carbons (Fsp3) is 0.500. The highest BCUT2D eigenvalue weighted by Crippen LogP contribution is 2.37. The topological polar surface area (TPSA) is 26.0 Å². The van der Waals surface area contributed by atoms with E-state index in [1.165, 1.54) is 0 Å². The second-order valence-electron chi connectivity index (χ2n) is 4.23. The van der Waals surface area contributed by atoms with Crippen LogP contribution < -0.4 is 5.73 Å². The maximum Gasteiger partial charge on any atom is 0.416 e.